The second-order valence-electron chi connectivity index (χ2n) is 10.0. The number of hydrogen-bond donors (Lipinski definition) is 1. The molecule has 1 amide bonds. The number of fused-ring (bicyclic) bond motifs is 5. The van der Waals surface area contributed by atoms with Crippen LogP contribution in [-0.2, 0) is 11.3 Å². The van der Waals surface area contributed by atoms with Crippen molar-refractivity contribution in [2.75, 3.05) is 18.0 Å². The molecule has 0 radical (unpaired) electrons. The van der Waals surface area contributed by atoms with E-state index < -0.39 is 0 Å². The zero-order valence-corrected chi connectivity index (χ0v) is 20.5. The van der Waals surface area contributed by atoms with Gasteiger partial charge in [-0.05, 0) is 53.4 Å². The highest BCUT2D eigenvalue weighted by atomic mass is 16.2. The first-order valence-corrected chi connectivity index (χ1v) is 12.4. The Bertz CT molecular complexity index is 1490. The minimum Gasteiger partial charge on any atom is -0.340 e. The summed E-state index contributed by atoms with van der Waals surface area (Å²) in [4.78, 5) is 19.5. The summed E-state index contributed by atoms with van der Waals surface area (Å²) in [6.45, 7) is 6.54. The lowest BCUT2D eigenvalue weighted by Crippen LogP contribution is -2.31. The molecule has 1 N–H and O–H groups in total. The van der Waals surface area contributed by atoms with Crippen molar-refractivity contribution in [2.24, 2.45) is 5.92 Å². The van der Waals surface area contributed by atoms with Crippen molar-refractivity contribution in [3.8, 4) is 34.4 Å². The Morgan fingerprint density at radius 1 is 1.14 bits per heavy atom. The molecule has 0 spiro atoms. The van der Waals surface area contributed by atoms with Crippen molar-refractivity contribution in [1.29, 1.82) is 5.26 Å². The molecule has 36 heavy (non-hydrogen) atoms. The summed E-state index contributed by atoms with van der Waals surface area (Å²) < 4.78 is 4.35. The molecule has 6 rings (SSSR count). The highest BCUT2D eigenvalue weighted by molar-refractivity contribution is 5.96. The van der Waals surface area contributed by atoms with Crippen molar-refractivity contribution in [3.63, 3.8) is 0 Å². The highest BCUT2D eigenvalue weighted by Crippen LogP contribution is 2.36. The second-order valence-corrected chi connectivity index (χ2v) is 10.0. The fourth-order valence-electron chi connectivity index (χ4n) is 5.27. The highest BCUT2D eigenvalue weighted by Gasteiger charge is 2.31. The summed E-state index contributed by atoms with van der Waals surface area (Å²) in [6, 6.07) is 18.7. The van der Waals surface area contributed by atoms with Crippen molar-refractivity contribution in [2.45, 2.75) is 32.9 Å². The number of benzene rings is 2. The van der Waals surface area contributed by atoms with Crippen molar-refractivity contribution in [1.82, 2.24) is 19.4 Å². The van der Waals surface area contributed by atoms with Crippen LogP contribution in [0.5, 0.6) is 0 Å². The Morgan fingerprint density at radius 2 is 1.97 bits per heavy atom. The summed E-state index contributed by atoms with van der Waals surface area (Å²) >= 11 is 0. The van der Waals surface area contributed by atoms with Gasteiger partial charge in [0, 0.05) is 61.9 Å². The first kappa shape index (κ1) is 22.3. The number of imidazole rings is 1. The van der Waals surface area contributed by atoms with Gasteiger partial charge in [-0.2, -0.15) is 5.26 Å². The third kappa shape index (κ3) is 3.90. The molecule has 0 unspecified atom stereocenters. The van der Waals surface area contributed by atoms with E-state index in [1.54, 1.807) is 0 Å². The molecule has 2 aromatic heterocycles. The number of carbonyl (C=O) groups excluding carboxylic acids is 1. The van der Waals surface area contributed by atoms with Gasteiger partial charge < -0.3 is 14.8 Å². The van der Waals surface area contributed by atoms with E-state index in [1.807, 2.05) is 41.6 Å². The maximum atomic E-state index is 12.9. The summed E-state index contributed by atoms with van der Waals surface area (Å²) in [7, 11) is 0. The summed E-state index contributed by atoms with van der Waals surface area (Å²) in [5.74, 6) is 1.40. The van der Waals surface area contributed by atoms with Crippen molar-refractivity contribution < 1.29 is 4.79 Å². The molecule has 2 aliphatic rings. The van der Waals surface area contributed by atoms with Crippen LogP contribution in [0, 0.1) is 17.2 Å². The molecule has 2 aliphatic heterocycles. The Labute approximate surface area is 210 Å². The smallest absolute Gasteiger partial charge is 0.227 e. The molecular weight excluding hydrogens is 448 g/mol. The maximum absolute atomic E-state index is 12.9. The number of hydrogen-bond acceptors (Lipinski definition) is 4. The fourth-order valence-corrected chi connectivity index (χ4v) is 5.27. The lowest BCUT2D eigenvalue weighted by Gasteiger charge is -2.20. The van der Waals surface area contributed by atoms with Crippen LogP contribution >= 0.6 is 0 Å². The SMILES string of the molecule is CC(C)NC[C@H]1CC(=O)N(c2ccc3c(c2)Cn2cc(-c4ccc(C#N)cc4)cc2-c2nccn2-3)C1. The molecule has 1 fully saturated rings. The topological polar surface area (TPSA) is 78.9 Å². The van der Waals surface area contributed by atoms with Gasteiger partial charge in [-0.1, -0.05) is 26.0 Å². The molecule has 1 atom stereocenters. The van der Waals surface area contributed by atoms with E-state index in [-0.39, 0.29) is 5.91 Å². The zero-order chi connectivity index (χ0) is 24.8. The van der Waals surface area contributed by atoms with Crippen molar-refractivity contribution >= 4 is 11.6 Å². The molecule has 7 nitrogen and oxygen atoms in total. The quantitative estimate of drug-likeness (QED) is 0.402. The fraction of sp³-hybridized carbons (Fsp3) is 0.276. The summed E-state index contributed by atoms with van der Waals surface area (Å²) in [6.07, 6.45) is 6.55. The van der Waals surface area contributed by atoms with Gasteiger partial charge in [-0.3, -0.25) is 9.36 Å². The van der Waals surface area contributed by atoms with Crippen LogP contribution in [0.25, 0.3) is 28.3 Å². The molecule has 1 saturated heterocycles. The first-order chi connectivity index (χ1) is 17.5. The molecule has 0 bridgehead atoms. The molecule has 0 saturated carbocycles. The predicted octanol–water partition coefficient (Wildman–Crippen LogP) is 4.59. The Balaban J connectivity index is 1.35. The van der Waals surface area contributed by atoms with Gasteiger partial charge >= 0.3 is 0 Å². The number of aromatic nitrogens is 3. The predicted molar refractivity (Wildman–Crippen MR) is 140 cm³/mol. The average molecular weight is 477 g/mol. The van der Waals surface area contributed by atoms with Gasteiger partial charge in [0.15, 0.2) is 5.82 Å². The first-order valence-electron chi connectivity index (χ1n) is 12.4. The lowest BCUT2D eigenvalue weighted by atomic mass is 10.1. The van der Waals surface area contributed by atoms with Crippen LogP contribution in [-0.4, -0.2) is 39.2 Å². The normalized spacial score (nSPS) is 16.4. The molecule has 2 aromatic carbocycles. The molecule has 0 aliphatic carbocycles. The van der Waals surface area contributed by atoms with E-state index >= 15 is 0 Å². The molecule has 4 heterocycles. The number of amides is 1. The number of carbonyl (C=O) groups is 1. The van der Waals surface area contributed by atoms with E-state index in [2.05, 4.69) is 69.8 Å². The van der Waals surface area contributed by atoms with Crippen LogP contribution in [0.15, 0.2) is 67.1 Å². The second kappa shape index (κ2) is 8.81. The Morgan fingerprint density at radius 3 is 2.75 bits per heavy atom. The molecular formula is C29H28N6O. The van der Waals surface area contributed by atoms with Gasteiger partial charge in [0.1, 0.15) is 0 Å². The maximum Gasteiger partial charge on any atom is 0.227 e. The van der Waals surface area contributed by atoms with E-state index in [4.69, 9.17) is 5.26 Å². The lowest BCUT2D eigenvalue weighted by molar-refractivity contribution is -0.117. The van der Waals surface area contributed by atoms with E-state index in [1.165, 1.54) is 0 Å². The van der Waals surface area contributed by atoms with E-state index in [0.717, 1.165) is 52.7 Å². The average Bonchev–Trinajstić information content (AvgIpc) is 3.60. The van der Waals surface area contributed by atoms with Gasteiger partial charge in [-0.25, -0.2) is 4.98 Å². The number of rotatable bonds is 5. The Kier molecular flexibility index (Phi) is 5.46. The van der Waals surface area contributed by atoms with Crippen LogP contribution in [0.1, 0.15) is 31.4 Å². The Hall–Kier alpha value is -4.15. The van der Waals surface area contributed by atoms with E-state index in [0.29, 0.717) is 30.5 Å². The van der Waals surface area contributed by atoms with E-state index in [9.17, 15) is 4.79 Å². The number of nitrogens with zero attached hydrogens (tertiary/aromatic N) is 5. The third-order valence-electron chi connectivity index (χ3n) is 7.11. The zero-order valence-electron chi connectivity index (χ0n) is 20.5. The third-order valence-corrected chi connectivity index (χ3v) is 7.11. The minimum atomic E-state index is 0.187. The van der Waals surface area contributed by atoms with Gasteiger partial charge in [0.05, 0.1) is 23.0 Å². The van der Waals surface area contributed by atoms with Crippen LogP contribution in [0.3, 0.4) is 0 Å². The molecule has 4 aromatic rings. The van der Waals surface area contributed by atoms with Crippen LogP contribution in [0.4, 0.5) is 5.69 Å². The summed E-state index contributed by atoms with van der Waals surface area (Å²) in [5, 5.41) is 12.6. The summed E-state index contributed by atoms with van der Waals surface area (Å²) in [5.41, 5.74) is 7.01. The molecule has 180 valence electrons. The number of anilines is 1. The van der Waals surface area contributed by atoms with Gasteiger partial charge in [0.25, 0.3) is 0 Å². The van der Waals surface area contributed by atoms with Crippen LogP contribution < -0.4 is 10.2 Å². The molecule has 7 heteroatoms. The van der Waals surface area contributed by atoms with Crippen molar-refractivity contribution in [3.05, 3.63) is 78.2 Å². The monoisotopic (exact) mass is 476 g/mol. The standard InChI is InChI=1S/C29H28N6O/c1-19(2)32-15-21-11-28(36)35(16-21)25-7-8-26-24(12-25)18-33-17-23(22-5-3-20(14-30)4-6-22)13-27(33)29-31-9-10-34(26)29/h3-10,12-13,17,19,21,32H,11,15-16,18H2,1-2H3/t21-/m1/s1. The van der Waals surface area contributed by atoms with Crippen LogP contribution in [0.2, 0.25) is 0 Å². The number of nitriles is 1. The van der Waals surface area contributed by atoms with Gasteiger partial charge in [0.2, 0.25) is 5.91 Å². The largest absolute Gasteiger partial charge is 0.340 e. The van der Waals surface area contributed by atoms with Gasteiger partial charge in [-0.15, -0.1) is 0 Å². The number of nitrogens with one attached hydrogen (secondary N) is 1. The minimum absolute atomic E-state index is 0.187.